The van der Waals surface area contributed by atoms with Crippen LogP contribution in [0.4, 0.5) is 21.5 Å². The molecule has 0 unspecified atom stereocenters. The van der Waals surface area contributed by atoms with Crippen LogP contribution in [0, 0.1) is 5.82 Å². The highest BCUT2D eigenvalue weighted by atomic mass is 35.5. The quantitative estimate of drug-likeness (QED) is 0.610. The van der Waals surface area contributed by atoms with E-state index in [1.54, 1.807) is 30.3 Å². The number of pyridine rings is 1. The van der Waals surface area contributed by atoms with E-state index < -0.39 is 17.7 Å². The van der Waals surface area contributed by atoms with Crippen molar-refractivity contribution in [3.05, 3.63) is 82.9 Å². The lowest BCUT2D eigenvalue weighted by atomic mass is 10.1. The van der Waals surface area contributed by atoms with Crippen LogP contribution in [-0.4, -0.2) is 24.0 Å². The molecule has 142 valence electrons. The van der Waals surface area contributed by atoms with Crippen LogP contribution in [0.2, 0.25) is 5.02 Å². The summed E-state index contributed by atoms with van der Waals surface area (Å²) in [4.78, 5) is 28.4. The smallest absolute Gasteiger partial charge is 0.339 e. The van der Waals surface area contributed by atoms with E-state index in [1.807, 2.05) is 0 Å². The molecule has 8 heteroatoms. The Morgan fingerprint density at radius 2 is 1.86 bits per heavy atom. The maximum atomic E-state index is 13.3. The molecule has 1 heterocycles. The maximum absolute atomic E-state index is 13.3. The van der Waals surface area contributed by atoms with Gasteiger partial charge in [-0.2, -0.15) is 0 Å². The van der Waals surface area contributed by atoms with Gasteiger partial charge in [-0.15, -0.1) is 0 Å². The largest absolute Gasteiger partial charge is 0.465 e. The molecule has 28 heavy (non-hydrogen) atoms. The van der Waals surface area contributed by atoms with Crippen molar-refractivity contribution >= 4 is 40.5 Å². The summed E-state index contributed by atoms with van der Waals surface area (Å²) in [5, 5.41) is 5.65. The van der Waals surface area contributed by atoms with E-state index >= 15 is 0 Å². The first-order valence-corrected chi connectivity index (χ1v) is 8.51. The molecule has 0 atom stereocenters. The number of halogens is 2. The Bertz CT molecular complexity index is 1040. The van der Waals surface area contributed by atoms with Gasteiger partial charge in [0.05, 0.1) is 40.8 Å². The molecule has 2 N–H and O–H groups in total. The highest BCUT2D eigenvalue weighted by Gasteiger charge is 2.15. The van der Waals surface area contributed by atoms with E-state index in [4.69, 9.17) is 16.3 Å². The van der Waals surface area contributed by atoms with Crippen LogP contribution in [0.5, 0.6) is 0 Å². The minimum Gasteiger partial charge on any atom is -0.465 e. The van der Waals surface area contributed by atoms with Gasteiger partial charge in [0, 0.05) is 11.9 Å². The van der Waals surface area contributed by atoms with Crippen molar-refractivity contribution in [3.63, 3.8) is 0 Å². The second-order valence-corrected chi connectivity index (χ2v) is 6.11. The van der Waals surface area contributed by atoms with Gasteiger partial charge in [-0.3, -0.25) is 9.78 Å². The van der Waals surface area contributed by atoms with Gasteiger partial charge in [0.2, 0.25) is 0 Å². The Hall–Kier alpha value is -3.45. The van der Waals surface area contributed by atoms with E-state index in [0.717, 1.165) is 0 Å². The monoisotopic (exact) mass is 399 g/mol. The summed E-state index contributed by atoms with van der Waals surface area (Å²) in [6.07, 6.45) is 2.90. The van der Waals surface area contributed by atoms with Crippen LogP contribution in [0.3, 0.4) is 0 Å². The summed E-state index contributed by atoms with van der Waals surface area (Å²) >= 11 is 5.77. The van der Waals surface area contributed by atoms with E-state index in [1.165, 1.54) is 37.7 Å². The van der Waals surface area contributed by atoms with Gasteiger partial charge in [-0.25, -0.2) is 9.18 Å². The normalized spacial score (nSPS) is 10.2. The van der Waals surface area contributed by atoms with Gasteiger partial charge >= 0.3 is 5.97 Å². The summed E-state index contributed by atoms with van der Waals surface area (Å²) in [5.41, 5.74) is 1.88. The predicted molar refractivity (Wildman–Crippen MR) is 105 cm³/mol. The lowest BCUT2D eigenvalue weighted by Crippen LogP contribution is -2.15. The van der Waals surface area contributed by atoms with Crippen molar-refractivity contribution in [3.8, 4) is 0 Å². The van der Waals surface area contributed by atoms with Gasteiger partial charge in [-0.1, -0.05) is 23.7 Å². The minimum absolute atomic E-state index is 0.0220. The number of ether oxygens (including phenoxy) is 1. The SMILES string of the molecule is COC(=O)c1ccccc1NC(=O)c1cncc(Nc2ccc(F)c(Cl)c2)c1. The molecule has 0 radical (unpaired) electrons. The zero-order valence-electron chi connectivity index (χ0n) is 14.7. The second-order valence-electron chi connectivity index (χ2n) is 5.71. The number of anilines is 3. The summed E-state index contributed by atoms with van der Waals surface area (Å²) in [6.45, 7) is 0. The molecular weight excluding hydrogens is 385 g/mol. The number of hydrogen-bond donors (Lipinski definition) is 2. The Morgan fingerprint density at radius 3 is 2.61 bits per heavy atom. The molecule has 0 saturated carbocycles. The first kappa shape index (κ1) is 19.3. The molecule has 3 rings (SSSR count). The summed E-state index contributed by atoms with van der Waals surface area (Å²) in [6, 6.07) is 12.3. The summed E-state index contributed by atoms with van der Waals surface area (Å²) < 4.78 is 18.0. The number of esters is 1. The molecule has 6 nitrogen and oxygen atoms in total. The topological polar surface area (TPSA) is 80.3 Å². The number of hydrogen-bond acceptors (Lipinski definition) is 5. The minimum atomic E-state index is -0.558. The van der Waals surface area contributed by atoms with E-state index in [0.29, 0.717) is 17.1 Å². The molecule has 3 aromatic rings. The van der Waals surface area contributed by atoms with Crippen LogP contribution < -0.4 is 10.6 Å². The van der Waals surface area contributed by atoms with Crippen molar-refractivity contribution in [2.24, 2.45) is 0 Å². The standard InChI is InChI=1S/C20H15ClFN3O3/c1-28-20(27)15-4-2-3-5-18(15)25-19(26)12-8-14(11-23-10-12)24-13-6-7-17(22)16(21)9-13/h2-11,24H,1H3,(H,25,26). The fourth-order valence-corrected chi connectivity index (χ4v) is 2.63. The van der Waals surface area contributed by atoms with Crippen molar-refractivity contribution in [1.82, 2.24) is 4.98 Å². The lowest BCUT2D eigenvalue weighted by molar-refractivity contribution is 0.0602. The molecule has 0 spiro atoms. The second kappa shape index (κ2) is 8.49. The molecule has 0 aliphatic rings. The molecule has 1 amide bonds. The third-order valence-corrected chi connectivity index (χ3v) is 4.08. The molecule has 0 saturated heterocycles. The summed E-state index contributed by atoms with van der Waals surface area (Å²) in [7, 11) is 1.27. The number of carbonyl (C=O) groups is 2. The van der Waals surface area contributed by atoms with Crippen molar-refractivity contribution < 1.29 is 18.7 Å². The Morgan fingerprint density at radius 1 is 1.07 bits per heavy atom. The van der Waals surface area contributed by atoms with Gasteiger partial charge < -0.3 is 15.4 Å². The van der Waals surface area contributed by atoms with Gasteiger partial charge in [0.15, 0.2) is 0 Å². The number of para-hydroxylation sites is 1. The number of aromatic nitrogens is 1. The molecular formula is C20H15ClFN3O3. The van der Waals surface area contributed by atoms with E-state index in [-0.39, 0.29) is 16.1 Å². The Kier molecular flexibility index (Phi) is 5.86. The van der Waals surface area contributed by atoms with Crippen LogP contribution in [0.15, 0.2) is 60.9 Å². The molecule has 0 bridgehead atoms. The van der Waals surface area contributed by atoms with E-state index in [2.05, 4.69) is 15.6 Å². The highest BCUT2D eigenvalue weighted by molar-refractivity contribution is 6.31. The Labute approximate surface area is 165 Å². The fraction of sp³-hybridized carbons (Fsp3) is 0.0500. The highest BCUT2D eigenvalue weighted by Crippen LogP contribution is 2.23. The number of nitrogens with one attached hydrogen (secondary N) is 2. The average Bonchev–Trinajstić information content (AvgIpc) is 2.71. The predicted octanol–water partition coefficient (Wildman–Crippen LogP) is 4.66. The third-order valence-electron chi connectivity index (χ3n) is 3.79. The van der Waals surface area contributed by atoms with Crippen molar-refractivity contribution in [1.29, 1.82) is 0 Å². The molecule has 0 fully saturated rings. The third kappa shape index (κ3) is 4.44. The number of rotatable bonds is 5. The molecule has 0 aliphatic heterocycles. The first-order valence-electron chi connectivity index (χ1n) is 8.14. The first-order chi connectivity index (χ1) is 13.5. The summed E-state index contributed by atoms with van der Waals surface area (Å²) in [5.74, 6) is -1.54. The van der Waals surface area contributed by atoms with Crippen LogP contribution in [-0.2, 0) is 4.74 Å². The Balaban J connectivity index is 1.79. The fourth-order valence-electron chi connectivity index (χ4n) is 2.45. The molecule has 0 aliphatic carbocycles. The lowest BCUT2D eigenvalue weighted by Gasteiger charge is -2.11. The van der Waals surface area contributed by atoms with Crippen molar-refractivity contribution in [2.45, 2.75) is 0 Å². The number of amides is 1. The molecule has 1 aromatic heterocycles. The van der Waals surface area contributed by atoms with Crippen LogP contribution >= 0.6 is 11.6 Å². The van der Waals surface area contributed by atoms with Gasteiger partial charge in [0.1, 0.15) is 5.82 Å². The zero-order chi connectivity index (χ0) is 20.1. The van der Waals surface area contributed by atoms with Gasteiger partial charge in [-0.05, 0) is 36.4 Å². The van der Waals surface area contributed by atoms with Crippen LogP contribution in [0.25, 0.3) is 0 Å². The number of carbonyl (C=O) groups excluding carboxylic acids is 2. The van der Waals surface area contributed by atoms with E-state index in [9.17, 15) is 14.0 Å². The average molecular weight is 400 g/mol. The zero-order valence-corrected chi connectivity index (χ0v) is 15.5. The number of benzene rings is 2. The van der Waals surface area contributed by atoms with Crippen molar-refractivity contribution in [2.75, 3.05) is 17.7 Å². The van der Waals surface area contributed by atoms with Gasteiger partial charge in [0.25, 0.3) is 5.91 Å². The maximum Gasteiger partial charge on any atom is 0.339 e. The van der Waals surface area contributed by atoms with Crippen LogP contribution in [0.1, 0.15) is 20.7 Å². The number of nitrogens with zero attached hydrogens (tertiary/aromatic N) is 1. The molecule has 2 aromatic carbocycles. The number of methoxy groups -OCH3 is 1.